The molecule has 11 rings (SSSR count). The van der Waals surface area contributed by atoms with Crippen molar-refractivity contribution >= 4 is 212 Å². The molecule has 11 aromatic rings. The average Bonchev–Trinajstić information content (AvgIpc) is 1.67. The number of ether oxygens (including phenoxy) is 6. The van der Waals surface area contributed by atoms with Crippen molar-refractivity contribution in [2.75, 3.05) is 51.5 Å². The molecule has 0 saturated heterocycles. The van der Waals surface area contributed by atoms with Gasteiger partial charge in [0.25, 0.3) is 23.0 Å². The van der Waals surface area contributed by atoms with Gasteiger partial charge in [-0.1, -0.05) is 115 Å². The molecule has 0 aliphatic heterocycles. The monoisotopic (exact) mass is 2020 g/mol. The first-order valence-electron chi connectivity index (χ1n) is 34.7. The Bertz CT molecular complexity index is 5880. The van der Waals surface area contributed by atoms with Crippen molar-refractivity contribution in [3.63, 3.8) is 0 Å². The topological polar surface area (TPSA) is 758 Å². The number of aromatic nitrogens is 14. The Labute approximate surface area is 778 Å². The Morgan fingerprint density at radius 3 is 1.05 bits per heavy atom. The van der Waals surface area contributed by atoms with Crippen LogP contribution in [0.25, 0.3) is 0 Å². The van der Waals surface area contributed by atoms with Gasteiger partial charge in [-0.05, 0) is 147 Å². The van der Waals surface area contributed by atoms with E-state index in [1.807, 2.05) is 5.10 Å². The molecule has 7 heterocycles. The quantitative estimate of drug-likeness (QED) is 0.00721. The van der Waals surface area contributed by atoms with Gasteiger partial charge in [-0.2, -0.15) is 24.9 Å². The van der Waals surface area contributed by atoms with E-state index in [1.54, 1.807) is 139 Å². The number of aromatic carboxylic acids is 3. The molecule has 53 nitrogen and oxygen atoms in total. The zero-order valence-electron chi connectivity index (χ0n) is 69.1. The second kappa shape index (κ2) is 54.5. The Hall–Kier alpha value is -15.6. The first kappa shape index (κ1) is 112. The van der Waals surface area contributed by atoms with Crippen LogP contribution in [0.5, 0.6) is 0 Å². The van der Waals surface area contributed by atoms with Crippen molar-refractivity contribution in [2.45, 2.75) is 52.7 Å². The van der Waals surface area contributed by atoms with E-state index in [-0.39, 0.29) is 73.2 Å². The number of rotatable bonds is 18. The van der Waals surface area contributed by atoms with Crippen LogP contribution < -0.4 is 16.0 Å². The van der Waals surface area contributed by atoms with Crippen LogP contribution in [0.3, 0.4) is 0 Å². The zero-order valence-corrected chi connectivity index (χ0v) is 75.3. The van der Waals surface area contributed by atoms with Crippen LogP contribution in [0.2, 0.25) is 20.1 Å². The van der Waals surface area contributed by atoms with Crippen LogP contribution in [0.4, 0.5) is 50.3 Å². The number of aromatic amines is 5. The summed E-state index contributed by atoms with van der Waals surface area (Å²) in [5.74, 6) is -9.70. The van der Waals surface area contributed by atoms with Gasteiger partial charge in [-0.3, -0.25) is 34.5 Å². The summed E-state index contributed by atoms with van der Waals surface area (Å²) in [7, 11) is 9.96. The molecule has 7 aromatic heterocycles. The number of carbonyl (C=O) groups is 13. The van der Waals surface area contributed by atoms with Crippen LogP contribution in [-0.2, 0) is 28.4 Å². The summed E-state index contributed by atoms with van der Waals surface area (Å²) in [6.45, 7) is 9.59. The van der Waals surface area contributed by atoms with Gasteiger partial charge in [0.05, 0.1) is 99.5 Å². The maximum atomic E-state index is 11.9. The number of hydrogen-bond donors (Lipinski definition) is 13. The SMILES string of the molecule is CO.COC(=O)c1cc(NC(=O)c2ccccc2Cl)n[nH]1.COC(=O)c1cc([N+](=O)[O-])[nH]n1.COC(=O)c1cc([N+](=O)[O-])n(C(=O)OC(C)(C)C)n1.COC(=O)c1cc([N+](=O)[O-])n(C(=O)OC(C)(C)C)n1.O=C(Cl)c1ccccc1Cl.O=C(Nc1n[nH]c(C(=O)O)c1Br)c1ccccc1Cl.O=C(O)c1cc(NC(=O)c2ccccc2Cl)n[nH]1.O=C(O)c1cc([N+](=O)[O-])[nH]n1.[B]=NS. The molecular formula is C71H68BBrCl5N22O31S. The predicted octanol–water partition coefficient (Wildman–Crippen LogP) is 12.2. The summed E-state index contributed by atoms with van der Waals surface area (Å²) < 4.78 is 31.1. The molecule has 0 fully saturated rings. The average molecular weight is 2030 g/mol. The number of carboxylic acids is 3. The molecule has 0 aliphatic rings. The van der Waals surface area contributed by atoms with Crippen LogP contribution in [-0.4, -0.2) is 242 Å². The van der Waals surface area contributed by atoms with Gasteiger partial charge >= 0.3 is 102 Å². The maximum absolute atomic E-state index is 11.9. The van der Waals surface area contributed by atoms with Gasteiger partial charge in [0.15, 0.2) is 34.5 Å². The van der Waals surface area contributed by atoms with Crippen LogP contribution in [0, 0.1) is 40.5 Å². The van der Waals surface area contributed by atoms with Crippen molar-refractivity contribution in [2.24, 2.45) is 4.30 Å². The number of benzene rings is 4. The summed E-state index contributed by atoms with van der Waals surface area (Å²) in [6, 6.07) is 32.4. The van der Waals surface area contributed by atoms with Gasteiger partial charge in [-0.15, -0.1) is 10.2 Å². The number of H-pyrrole nitrogens is 5. The first-order chi connectivity index (χ1) is 61.9. The van der Waals surface area contributed by atoms with E-state index in [1.165, 1.54) is 26.4 Å². The van der Waals surface area contributed by atoms with Crippen molar-refractivity contribution in [1.82, 2.24) is 70.5 Å². The molecule has 0 aliphatic carbocycles. The Morgan fingerprint density at radius 2 is 0.773 bits per heavy atom. The molecule has 0 spiro atoms. The zero-order chi connectivity index (χ0) is 100. The molecule has 0 saturated carbocycles. The number of hydrogen-bond acceptors (Lipinski definition) is 37. The standard InChI is InChI=1S/C12H10ClN3O3.C11H7BrClN3O3.C11H8ClN3O3.2C10H13N3O6.C7H4Cl2O.C5H5N3O4.C4H3N3O4.CH4O.BHNS/c1-19-12(18)9-6-10(16-15-9)14-11(17)7-4-2-3-5-8(7)13;12-7-8(11(18)19)15-16-9(7)14-10(17)5-3-1-2-4-6(5)13;12-7-4-2-1-3-6(7)10(16)13-9-5-8(11(17)18)14-15-9;2*1-10(2,3)19-9(15)12-7(13(16)17)5-6(11-12)8(14)18-4;8-6-4-2-1-3-5(6)7(9)10;1-12-5(9)3-2-4(7-6-3)8(10)11;8-4(9)2-1-3(6-5-2)7(10)11;1-2;1-2-3/h2-6H,1H3,(H2,14,15,16,17);1-4H,(H,18,19)(H2,14,15,16,17);1-5H,(H,17,18)(H2,13,14,15,16);2*5H,1-4H3;1-4H;2H,1H3,(H,6,7);1H,(H,5,6)(H,8,9);2H,1H3;3H. The number of nitro groups is 4. The third kappa shape index (κ3) is 37.0. The number of amides is 3. The number of methoxy groups -OCH3 is 4. The fourth-order valence-corrected chi connectivity index (χ4v) is 9.71. The molecule has 61 heteroatoms. The Balaban J connectivity index is 0.000000511. The molecule has 12 N–H and O–H groups in total. The van der Waals surface area contributed by atoms with Crippen LogP contribution >= 0.6 is 86.7 Å². The summed E-state index contributed by atoms with van der Waals surface area (Å²) in [5, 5.41) is 118. The van der Waals surface area contributed by atoms with E-state index >= 15 is 0 Å². The number of anilines is 3. The van der Waals surface area contributed by atoms with Gasteiger partial charge in [0.1, 0.15) is 22.6 Å². The Morgan fingerprint density at radius 1 is 0.447 bits per heavy atom. The molecule has 3 amide bonds. The number of thiol groups is 1. The van der Waals surface area contributed by atoms with Gasteiger partial charge < -0.3 is 105 Å². The molecular weight excluding hydrogens is 1960 g/mol. The number of aliphatic hydroxyl groups is 1. The predicted molar refractivity (Wildman–Crippen MR) is 466 cm³/mol. The molecule has 699 valence electrons. The molecule has 132 heavy (non-hydrogen) atoms. The first-order valence-corrected chi connectivity index (χ1v) is 37.8. The second-order valence-corrected chi connectivity index (χ2v) is 28.0. The second-order valence-electron chi connectivity index (χ2n) is 25.0. The fourth-order valence-electron chi connectivity index (χ4n) is 8.17. The number of esters is 4. The van der Waals surface area contributed by atoms with E-state index in [2.05, 4.69) is 132 Å². The number of nitrogens with zero attached hydrogens (tertiary/aromatic N) is 14. The van der Waals surface area contributed by atoms with Crippen molar-refractivity contribution in [1.29, 1.82) is 0 Å². The minimum absolute atomic E-state index is 0.0855. The third-order valence-electron chi connectivity index (χ3n) is 13.7. The van der Waals surface area contributed by atoms with Gasteiger partial charge in [0, 0.05) is 19.2 Å². The molecule has 4 aromatic carbocycles. The van der Waals surface area contributed by atoms with Crippen molar-refractivity contribution in [3.8, 4) is 0 Å². The molecule has 0 atom stereocenters. The van der Waals surface area contributed by atoms with Crippen molar-refractivity contribution < 1.29 is 131 Å². The normalized spacial score (nSPS) is 9.92. The molecule has 1 radical (unpaired) electrons. The summed E-state index contributed by atoms with van der Waals surface area (Å²) in [4.78, 5) is 184. The number of halogens is 6. The Kier molecular flexibility index (Phi) is 46.4. The van der Waals surface area contributed by atoms with Crippen LogP contribution in [0.15, 0.2) is 142 Å². The number of carbonyl (C=O) groups excluding carboxylic acids is 10. The number of aliphatic hydroxyl groups excluding tert-OH is 1. The molecule has 0 bridgehead atoms. The van der Waals surface area contributed by atoms with Gasteiger partial charge in [-0.25, -0.2) is 33.6 Å². The van der Waals surface area contributed by atoms with Crippen LogP contribution in [0.1, 0.15) is 156 Å². The van der Waals surface area contributed by atoms with E-state index in [0.29, 0.717) is 46.1 Å². The molecule has 0 unspecified atom stereocenters. The minimum atomic E-state index is -1.30. The van der Waals surface area contributed by atoms with Crippen molar-refractivity contribution in [3.05, 3.63) is 261 Å². The van der Waals surface area contributed by atoms with E-state index < -0.39 is 125 Å². The number of nitrogens with one attached hydrogen (secondary N) is 8. The van der Waals surface area contributed by atoms with E-state index in [4.69, 9.17) is 87.9 Å². The number of carboxylic acid groups (broad SMARTS) is 3. The summed E-state index contributed by atoms with van der Waals surface area (Å²) >= 11 is 34.7. The fraction of sp³-hybridized carbons (Fsp3) is 0.183. The van der Waals surface area contributed by atoms with Gasteiger partial charge in [0.2, 0.25) is 11.4 Å². The van der Waals surface area contributed by atoms with E-state index in [9.17, 15) is 103 Å². The third-order valence-corrected chi connectivity index (χ3v) is 16.0. The summed E-state index contributed by atoms with van der Waals surface area (Å²) in [6.07, 6.45) is -2.09. The van der Waals surface area contributed by atoms with E-state index in [0.717, 1.165) is 45.6 Å². The summed E-state index contributed by atoms with van der Waals surface area (Å²) in [5.41, 5.74) is -1.71.